The molecular weight excluding hydrogens is 405 g/mol. The molecule has 0 saturated carbocycles. The highest BCUT2D eigenvalue weighted by atomic mass is 35.5. The summed E-state index contributed by atoms with van der Waals surface area (Å²) in [5.74, 6) is 1.18. The number of nitrogens with two attached hydrogens (primary N) is 1. The number of aromatic amines is 1. The molecule has 11 heteroatoms. The number of thiazole rings is 1. The number of rotatable bonds is 4. The summed E-state index contributed by atoms with van der Waals surface area (Å²) in [6.07, 6.45) is 5.25. The van der Waals surface area contributed by atoms with E-state index < -0.39 is 0 Å². The summed E-state index contributed by atoms with van der Waals surface area (Å²) in [4.78, 5) is 20.1. The zero-order chi connectivity index (χ0) is 15.4. The first kappa shape index (κ1) is 23.1. The Labute approximate surface area is 167 Å². The fraction of sp³-hybridized carbons (Fsp3) is 0.143. The molecule has 3 aromatic heterocycles. The van der Waals surface area contributed by atoms with Crippen LogP contribution in [0.15, 0.2) is 41.1 Å². The van der Waals surface area contributed by atoms with Crippen LogP contribution in [-0.2, 0) is 6.54 Å². The van der Waals surface area contributed by atoms with E-state index in [9.17, 15) is 0 Å². The fourth-order valence-electron chi connectivity index (χ4n) is 1.82. The molecule has 25 heavy (non-hydrogen) atoms. The number of hydrogen-bond donors (Lipinski definition) is 3. The first-order valence-corrected chi connectivity index (χ1v) is 7.52. The van der Waals surface area contributed by atoms with E-state index in [0.29, 0.717) is 17.6 Å². The molecule has 0 atom stereocenters. The van der Waals surface area contributed by atoms with Crippen molar-refractivity contribution in [3.8, 4) is 11.4 Å². The Morgan fingerprint density at radius 3 is 2.76 bits per heavy atom. The van der Waals surface area contributed by atoms with E-state index in [4.69, 9.17) is 5.73 Å². The number of guanidine groups is 1. The van der Waals surface area contributed by atoms with Crippen molar-refractivity contribution in [2.45, 2.75) is 13.5 Å². The summed E-state index contributed by atoms with van der Waals surface area (Å²) < 4.78 is 0. The van der Waals surface area contributed by atoms with E-state index in [1.165, 1.54) is 11.3 Å². The van der Waals surface area contributed by atoms with Crippen molar-refractivity contribution < 1.29 is 0 Å². The van der Waals surface area contributed by atoms with Crippen LogP contribution in [0, 0.1) is 6.92 Å². The van der Waals surface area contributed by atoms with Crippen LogP contribution in [0.5, 0.6) is 0 Å². The summed E-state index contributed by atoms with van der Waals surface area (Å²) in [7, 11) is 0. The fourth-order valence-corrected chi connectivity index (χ4v) is 2.54. The van der Waals surface area contributed by atoms with Gasteiger partial charge in [0, 0.05) is 17.8 Å². The van der Waals surface area contributed by atoms with Gasteiger partial charge in [0.25, 0.3) is 0 Å². The molecule has 0 amide bonds. The van der Waals surface area contributed by atoms with Crippen molar-refractivity contribution in [2.75, 3.05) is 5.32 Å². The Bertz CT molecular complexity index is 789. The molecular formula is C14H18Cl3N7S. The van der Waals surface area contributed by atoms with E-state index in [-0.39, 0.29) is 37.2 Å². The van der Waals surface area contributed by atoms with Crippen LogP contribution >= 0.6 is 48.6 Å². The van der Waals surface area contributed by atoms with Crippen molar-refractivity contribution in [3.05, 3.63) is 47.5 Å². The molecule has 4 N–H and O–H groups in total. The van der Waals surface area contributed by atoms with Crippen molar-refractivity contribution >= 4 is 59.6 Å². The highest BCUT2D eigenvalue weighted by molar-refractivity contribution is 7.14. The number of halogens is 3. The van der Waals surface area contributed by atoms with Crippen molar-refractivity contribution in [3.63, 3.8) is 0 Å². The Kier molecular flexibility index (Phi) is 10.1. The summed E-state index contributed by atoms with van der Waals surface area (Å²) in [6.45, 7) is 2.38. The van der Waals surface area contributed by atoms with Crippen LogP contribution in [0.2, 0.25) is 0 Å². The van der Waals surface area contributed by atoms with Crippen LogP contribution in [0.3, 0.4) is 0 Å². The maximum Gasteiger partial charge on any atom is 0.195 e. The lowest BCUT2D eigenvalue weighted by Crippen LogP contribution is -2.22. The maximum atomic E-state index is 5.87. The summed E-state index contributed by atoms with van der Waals surface area (Å²) >= 11 is 1.46. The molecule has 0 radical (unpaired) electrons. The number of aryl methyl sites for hydroxylation is 1. The molecule has 0 aromatic carbocycles. The Morgan fingerprint density at radius 2 is 2.12 bits per heavy atom. The van der Waals surface area contributed by atoms with Crippen LogP contribution in [0.25, 0.3) is 11.4 Å². The standard InChI is InChI=1S/C14H15N7S.3ClH/c1-9-17-7-11(19-9)12-8-22-14(20-12)21-13(15)18-6-10-3-2-4-16-5-10;;;/h2-5,7-8H,6H2,1H3,(H,17,19)(H3,15,18,20,21);3*1H. The van der Waals surface area contributed by atoms with Gasteiger partial charge in [-0.2, -0.15) is 0 Å². The highest BCUT2D eigenvalue weighted by Crippen LogP contribution is 2.23. The Balaban J connectivity index is 0.00000192. The number of nitrogens with one attached hydrogen (secondary N) is 2. The quantitative estimate of drug-likeness (QED) is 0.441. The monoisotopic (exact) mass is 421 g/mol. The smallest absolute Gasteiger partial charge is 0.195 e. The molecule has 0 unspecified atom stereocenters. The van der Waals surface area contributed by atoms with E-state index >= 15 is 0 Å². The molecule has 0 fully saturated rings. The number of anilines is 1. The minimum atomic E-state index is 0. The number of aromatic nitrogens is 4. The van der Waals surface area contributed by atoms with Crippen molar-refractivity contribution in [1.29, 1.82) is 0 Å². The molecule has 0 bridgehead atoms. The van der Waals surface area contributed by atoms with Gasteiger partial charge in [0.2, 0.25) is 0 Å². The van der Waals surface area contributed by atoms with Crippen LogP contribution in [0.4, 0.5) is 5.13 Å². The van der Waals surface area contributed by atoms with Gasteiger partial charge in [-0.15, -0.1) is 48.6 Å². The first-order chi connectivity index (χ1) is 10.7. The molecule has 0 aliphatic heterocycles. The van der Waals surface area contributed by atoms with Crippen LogP contribution in [-0.4, -0.2) is 25.9 Å². The molecule has 3 aromatic rings. The Hall–Kier alpha value is -1.87. The van der Waals surface area contributed by atoms with Gasteiger partial charge in [0.1, 0.15) is 11.5 Å². The van der Waals surface area contributed by atoms with Crippen molar-refractivity contribution in [1.82, 2.24) is 19.9 Å². The predicted octanol–water partition coefficient (Wildman–Crippen LogP) is 3.43. The van der Waals surface area contributed by atoms with E-state index in [0.717, 1.165) is 22.8 Å². The average Bonchev–Trinajstić information content (AvgIpc) is 3.15. The molecule has 0 spiro atoms. The number of pyridine rings is 1. The second-order valence-electron chi connectivity index (χ2n) is 4.61. The molecule has 3 rings (SSSR count). The van der Waals surface area contributed by atoms with Crippen molar-refractivity contribution in [2.24, 2.45) is 10.7 Å². The molecule has 0 aliphatic rings. The largest absolute Gasteiger partial charge is 0.370 e. The first-order valence-electron chi connectivity index (χ1n) is 6.64. The number of nitrogens with zero attached hydrogens (tertiary/aromatic N) is 4. The lowest BCUT2D eigenvalue weighted by molar-refractivity contribution is 1.04. The number of H-pyrrole nitrogens is 1. The second-order valence-corrected chi connectivity index (χ2v) is 5.47. The van der Waals surface area contributed by atoms with Gasteiger partial charge in [0.05, 0.1) is 18.4 Å². The topological polar surface area (TPSA) is 105 Å². The van der Waals surface area contributed by atoms with Gasteiger partial charge in [-0.3, -0.25) is 4.98 Å². The highest BCUT2D eigenvalue weighted by Gasteiger charge is 2.07. The lowest BCUT2D eigenvalue weighted by Gasteiger charge is -2.01. The van der Waals surface area contributed by atoms with Gasteiger partial charge < -0.3 is 16.0 Å². The van der Waals surface area contributed by atoms with E-state index in [1.54, 1.807) is 18.6 Å². The molecule has 136 valence electrons. The van der Waals surface area contributed by atoms with E-state index in [2.05, 4.69) is 30.2 Å². The minimum Gasteiger partial charge on any atom is -0.370 e. The number of hydrogen-bond acceptors (Lipinski definition) is 5. The van der Waals surface area contributed by atoms with Crippen LogP contribution in [0.1, 0.15) is 11.4 Å². The molecule has 7 nitrogen and oxygen atoms in total. The summed E-state index contributed by atoms with van der Waals surface area (Å²) in [5.41, 5.74) is 8.58. The van der Waals surface area contributed by atoms with Gasteiger partial charge in [-0.1, -0.05) is 6.07 Å². The number of imidazole rings is 1. The van der Waals surface area contributed by atoms with Gasteiger partial charge >= 0.3 is 0 Å². The minimum absolute atomic E-state index is 0. The third-order valence-electron chi connectivity index (χ3n) is 2.87. The number of aliphatic imine (C=N–C) groups is 1. The molecule has 0 saturated heterocycles. The third kappa shape index (κ3) is 6.50. The summed E-state index contributed by atoms with van der Waals surface area (Å²) in [6, 6.07) is 3.82. The molecule has 3 heterocycles. The van der Waals surface area contributed by atoms with Gasteiger partial charge in [0.15, 0.2) is 11.1 Å². The third-order valence-corrected chi connectivity index (χ3v) is 3.63. The second kappa shape index (κ2) is 10.9. The summed E-state index contributed by atoms with van der Waals surface area (Å²) in [5, 5.41) is 5.61. The van der Waals surface area contributed by atoms with Gasteiger partial charge in [-0.25, -0.2) is 15.0 Å². The molecule has 0 aliphatic carbocycles. The maximum absolute atomic E-state index is 5.87. The zero-order valence-electron chi connectivity index (χ0n) is 13.2. The van der Waals surface area contributed by atoms with Gasteiger partial charge in [-0.05, 0) is 18.6 Å². The Morgan fingerprint density at radius 1 is 1.32 bits per heavy atom. The predicted molar refractivity (Wildman–Crippen MR) is 109 cm³/mol. The average molecular weight is 423 g/mol. The lowest BCUT2D eigenvalue weighted by atomic mass is 10.3. The SMILES string of the molecule is Cc1ncc(-c2csc(NC(N)=NCc3cccnc3)n2)[nH]1.Cl.Cl.Cl. The zero-order valence-corrected chi connectivity index (χ0v) is 16.4. The van der Waals surface area contributed by atoms with E-state index in [1.807, 2.05) is 24.4 Å². The normalized spacial score (nSPS) is 10.2. The van der Waals surface area contributed by atoms with Crippen LogP contribution < -0.4 is 11.1 Å².